The molecule has 0 spiro atoms. The maximum Gasteiger partial charge on any atom is 0.323 e. The van der Waals surface area contributed by atoms with Crippen LogP contribution in [-0.4, -0.2) is 43.2 Å². The Bertz CT molecular complexity index is 1060. The van der Waals surface area contributed by atoms with Crippen molar-refractivity contribution in [3.8, 4) is 0 Å². The molecule has 1 aromatic rings. The maximum atomic E-state index is 14.4. The van der Waals surface area contributed by atoms with Gasteiger partial charge in [0.15, 0.2) is 9.84 Å². The van der Waals surface area contributed by atoms with Gasteiger partial charge in [-0.25, -0.2) is 17.2 Å². The van der Waals surface area contributed by atoms with E-state index in [0.717, 1.165) is 16.8 Å². The monoisotopic (exact) mass is 438 g/mol. The molecule has 0 saturated carbocycles. The molecular weight excluding hydrogens is 414 g/mol. The van der Waals surface area contributed by atoms with E-state index in [9.17, 15) is 22.0 Å². The normalized spacial score (nSPS) is 21.3. The van der Waals surface area contributed by atoms with Gasteiger partial charge in [0, 0.05) is 30.4 Å². The molecule has 0 saturated heterocycles. The van der Waals surface area contributed by atoms with E-state index < -0.39 is 39.5 Å². The Labute approximate surface area is 174 Å². The number of hydrogen-bond acceptors (Lipinski definition) is 5. The van der Waals surface area contributed by atoms with E-state index >= 15 is 0 Å². The predicted octanol–water partition coefficient (Wildman–Crippen LogP) is 3.18. The minimum atomic E-state index is -3.71. The quantitative estimate of drug-likeness (QED) is 0.710. The molecule has 0 atom stereocenters. The maximum absolute atomic E-state index is 14.4. The first-order valence-electron chi connectivity index (χ1n) is 9.52. The summed E-state index contributed by atoms with van der Waals surface area (Å²) in [4.78, 5) is 12.6. The number of alkyl halides is 2. The smallest absolute Gasteiger partial charge is 0.323 e. The summed E-state index contributed by atoms with van der Waals surface area (Å²) in [6.45, 7) is 3.86. The van der Waals surface area contributed by atoms with Gasteiger partial charge in [0.2, 0.25) is 0 Å². The first-order valence-corrected chi connectivity index (χ1v) is 11.2. The first kappa shape index (κ1) is 22.0. The molecule has 162 valence electrons. The second-order valence-corrected chi connectivity index (χ2v) is 9.51. The van der Waals surface area contributed by atoms with Crippen molar-refractivity contribution in [1.82, 2.24) is 10.2 Å². The van der Waals surface area contributed by atoms with Crippen molar-refractivity contribution in [2.45, 2.75) is 37.5 Å². The third-order valence-electron chi connectivity index (χ3n) is 5.35. The van der Waals surface area contributed by atoms with Crippen LogP contribution in [0.3, 0.4) is 0 Å². The second-order valence-electron chi connectivity index (χ2n) is 7.43. The number of halogens is 2. The number of fused-ring (bicyclic) bond motifs is 1. The van der Waals surface area contributed by atoms with Crippen molar-refractivity contribution in [1.29, 1.82) is 0 Å². The Morgan fingerprint density at radius 1 is 1.37 bits per heavy atom. The molecule has 1 aromatic carbocycles. The molecule has 0 bridgehead atoms. The average Bonchev–Trinajstić information content (AvgIpc) is 2.94. The van der Waals surface area contributed by atoms with E-state index in [1.807, 2.05) is 13.0 Å². The SMILES string of the molecule is C/C=C\N/C=C1/CN(CC(=O)O)C(C)=C1Cc1ccc2c(c1)C(F)(F)CCS2(=O)=O. The number of benzene rings is 1. The van der Waals surface area contributed by atoms with Gasteiger partial charge in [0.1, 0.15) is 6.54 Å². The molecule has 0 amide bonds. The Morgan fingerprint density at radius 2 is 2.10 bits per heavy atom. The van der Waals surface area contributed by atoms with Crippen LogP contribution in [0.5, 0.6) is 0 Å². The summed E-state index contributed by atoms with van der Waals surface area (Å²) in [6.07, 6.45) is 4.86. The van der Waals surface area contributed by atoms with E-state index in [-0.39, 0.29) is 17.9 Å². The molecule has 9 heteroatoms. The van der Waals surface area contributed by atoms with E-state index in [1.165, 1.54) is 12.1 Å². The Balaban J connectivity index is 1.99. The van der Waals surface area contributed by atoms with Gasteiger partial charge in [-0.2, -0.15) is 0 Å². The summed E-state index contributed by atoms with van der Waals surface area (Å²) in [7, 11) is -3.71. The Kier molecular flexibility index (Phi) is 6.03. The molecule has 0 aliphatic carbocycles. The van der Waals surface area contributed by atoms with Crippen molar-refractivity contribution < 1.29 is 27.1 Å². The van der Waals surface area contributed by atoms with Crippen molar-refractivity contribution in [2.75, 3.05) is 18.8 Å². The number of nitrogens with one attached hydrogen (secondary N) is 1. The van der Waals surface area contributed by atoms with Crippen LogP contribution in [0.25, 0.3) is 0 Å². The van der Waals surface area contributed by atoms with Crippen molar-refractivity contribution in [3.63, 3.8) is 0 Å². The molecule has 2 heterocycles. The van der Waals surface area contributed by atoms with Gasteiger partial charge >= 0.3 is 5.97 Å². The second kappa shape index (κ2) is 8.22. The third kappa shape index (κ3) is 4.40. The highest BCUT2D eigenvalue weighted by molar-refractivity contribution is 7.91. The molecule has 2 N–H and O–H groups in total. The highest BCUT2D eigenvalue weighted by atomic mass is 32.2. The van der Waals surface area contributed by atoms with Crippen LogP contribution in [0.4, 0.5) is 8.78 Å². The number of rotatable bonds is 6. The molecule has 0 radical (unpaired) electrons. The van der Waals surface area contributed by atoms with Crippen molar-refractivity contribution >= 4 is 15.8 Å². The van der Waals surface area contributed by atoms with Crippen LogP contribution < -0.4 is 5.32 Å². The molecule has 2 aliphatic heterocycles. The van der Waals surface area contributed by atoms with Gasteiger partial charge < -0.3 is 15.3 Å². The van der Waals surface area contributed by atoms with Crippen LogP contribution in [0.1, 0.15) is 31.4 Å². The van der Waals surface area contributed by atoms with Gasteiger partial charge in [0.05, 0.1) is 10.6 Å². The molecule has 2 aliphatic rings. The minimum absolute atomic E-state index is 0.170. The fraction of sp³-hybridized carbons (Fsp3) is 0.381. The zero-order valence-electron chi connectivity index (χ0n) is 16.8. The summed E-state index contributed by atoms with van der Waals surface area (Å²) in [5.41, 5.74) is 2.53. The van der Waals surface area contributed by atoms with E-state index in [2.05, 4.69) is 5.32 Å². The fourth-order valence-electron chi connectivity index (χ4n) is 3.76. The highest BCUT2D eigenvalue weighted by Crippen LogP contribution is 2.42. The van der Waals surface area contributed by atoms with Gasteiger partial charge in [-0.05, 0) is 55.3 Å². The molecule has 0 aromatic heterocycles. The van der Waals surface area contributed by atoms with Crippen molar-refractivity contribution in [3.05, 3.63) is 64.6 Å². The molecular formula is C21H24F2N2O4S. The average molecular weight is 438 g/mol. The molecule has 3 rings (SSSR count). The lowest BCUT2D eigenvalue weighted by molar-refractivity contribution is -0.137. The number of carboxylic acid groups (broad SMARTS) is 1. The summed E-state index contributed by atoms with van der Waals surface area (Å²) in [5, 5.41) is 12.2. The number of allylic oxidation sites excluding steroid dienone is 2. The van der Waals surface area contributed by atoms with E-state index in [0.29, 0.717) is 12.1 Å². The lowest BCUT2D eigenvalue weighted by atomic mass is 9.96. The van der Waals surface area contributed by atoms with Gasteiger partial charge in [-0.15, -0.1) is 0 Å². The van der Waals surface area contributed by atoms with Crippen LogP contribution in [-0.2, 0) is 27.0 Å². The molecule has 30 heavy (non-hydrogen) atoms. The summed E-state index contributed by atoms with van der Waals surface area (Å²) in [6, 6.07) is 4.08. The number of nitrogens with zero attached hydrogens (tertiary/aromatic N) is 1. The first-order chi connectivity index (χ1) is 14.0. The molecule has 0 fully saturated rings. The fourth-order valence-corrected chi connectivity index (χ4v) is 5.32. The van der Waals surface area contributed by atoms with Gasteiger partial charge in [-0.1, -0.05) is 12.1 Å². The largest absolute Gasteiger partial charge is 0.480 e. The topological polar surface area (TPSA) is 86.7 Å². The van der Waals surface area contributed by atoms with Crippen molar-refractivity contribution in [2.24, 2.45) is 0 Å². The van der Waals surface area contributed by atoms with Gasteiger partial charge in [0.25, 0.3) is 5.92 Å². The minimum Gasteiger partial charge on any atom is -0.480 e. The molecule has 6 nitrogen and oxygen atoms in total. The number of carboxylic acids is 1. The zero-order chi connectivity index (χ0) is 22.1. The standard InChI is InChI=1S/C21H24F2N2O4S/c1-3-7-24-11-16-12-25(13-20(26)27)14(2)17(16)9-15-4-5-19-18(10-15)21(22,23)6-8-30(19,28)29/h3-5,7,10-11,24H,6,8-9,12-13H2,1-2H3,(H,26,27)/b7-3-,16-11-. The number of carbonyl (C=O) groups is 1. The summed E-state index contributed by atoms with van der Waals surface area (Å²) >= 11 is 0. The molecule has 0 unspecified atom stereocenters. The third-order valence-corrected chi connectivity index (χ3v) is 7.11. The zero-order valence-corrected chi connectivity index (χ0v) is 17.6. The Hall–Kier alpha value is -2.68. The van der Waals surface area contributed by atoms with E-state index in [1.54, 1.807) is 30.3 Å². The van der Waals surface area contributed by atoms with Gasteiger partial charge in [-0.3, -0.25) is 4.79 Å². The lowest BCUT2D eigenvalue weighted by Crippen LogP contribution is -2.28. The van der Waals surface area contributed by atoms with Crippen LogP contribution in [0.15, 0.2) is 58.4 Å². The number of sulfone groups is 1. The van der Waals surface area contributed by atoms with Crippen LogP contribution >= 0.6 is 0 Å². The lowest BCUT2D eigenvalue weighted by Gasteiger charge is -2.25. The van der Waals surface area contributed by atoms with Crippen LogP contribution in [0, 0.1) is 0 Å². The highest BCUT2D eigenvalue weighted by Gasteiger charge is 2.43. The van der Waals surface area contributed by atoms with Crippen LogP contribution in [0.2, 0.25) is 0 Å². The number of aliphatic carboxylic acids is 1. The predicted molar refractivity (Wildman–Crippen MR) is 109 cm³/mol. The summed E-state index contributed by atoms with van der Waals surface area (Å²) in [5.74, 6) is -4.73. The van der Waals surface area contributed by atoms with E-state index in [4.69, 9.17) is 5.11 Å². The number of hydrogen-bond donors (Lipinski definition) is 2. The Morgan fingerprint density at radius 3 is 2.77 bits per heavy atom. The summed E-state index contributed by atoms with van der Waals surface area (Å²) < 4.78 is 53.2.